The lowest BCUT2D eigenvalue weighted by Gasteiger charge is -2.38. The van der Waals surface area contributed by atoms with Crippen LogP contribution >= 0.6 is 0 Å². The van der Waals surface area contributed by atoms with Crippen LogP contribution in [0.15, 0.2) is 29.1 Å². The largest absolute Gasteiger partial charge is 0.337 e. The van der Waals surface area contributed by atoms with Gasteiger partial charge < -0.3 is 9.80 Å². The van der Waals surface area contributed by atoms with E-state index in [-0.39, 0.29) is 17.5 Å². The van der Waals surface area contributed by atoms with E-state index in [2.05, 4.69) is 23.9 Å². The summed E-state index contributed by atoms with van der Waals surface area (Å²) in [5.74, 6) is 0.879. The average molecular weight is 342 g/mol. The molecule has 1 aromatic carbocycles. The van der Waals surface area contributed by atoms with Crippen LogP contribution < -0.4 is 5.56 Å². The SMILES string of the molecule is Cc1nc2ccccc2c(=O)n1CCCC(=O)N1CCN(C)CC1C. The monoisotopic (exact) mass is 342 g/mol. The van der Waals surface area contributed by atoms with Crippen molar-refractivity contribution in [3.8, 4) is 0 Å². The molecule has 1 amide bonds. The molecule has 2 heterocycles. The van der Waals surface area contributed by atoms with Crippen molar-refractivity contribution >= 4 is 16.8 Å². The second-order valence-electron chi connectivity index (χ2n) is 6.93. The number of nitrogens with zero attached hydrogens (tertiary/aromatic N) is 4. The number of likely N-dealkylation sites (N-methyl/N-ethyl adjacent to an activating group) is 1. The molecule has 0 radical (unpaired) electrons. The van der Waals surface area contributed by atoms with Gasteiger partial charge in [0, 0.05) is 38.6 Å². The molecule has 1 aromatic heterocycles. The molecule has 1 fully saturated rings. The minimum Gasteiger partial charge on any atom is -0.337 e. The fourth-order valence-corrected chi connectivity index (χ4v) is 3.58. The number of rotatable bonds is 4. The molecule has 0 N–H and O–H groups in total. The summed E-state index contributed by atoms with van der Waals surface area (Å²) in [6.45, 7) is 7.08. The van der Waals surface area contributed by atoms with Crippen molar-refractivity contribution in [1.29, 1.82) is 0 Å². The van der Waals surface area contributed by atoms with Crippen molar-refractivity contribution in [3.63, 3.8) is 0 Å². The first-order chi connectivity index (χ1) is 12.0. The maximum atomic E-state index is 12.6. The topological polar surface area (TPSA) is 58.4 Å². The van der Waals surface area contributed by atoms with E-state index in [1.54, 1.807) is 10.6 Å². The summed E-state index contributed by atoms with van der Waals surface area (Å²) < 4.78 is 1.68. The molecule has 0 spiro atoms. The zero-order valence-electron chi connectivity index (χ0n) is 15.2. The van der Waals surface area contributed by atoms with E-state index >= 15 is 0 Å². The number of aryl methyl sites for hydroxylation is 1. The van der Waals surface area contributed by atoms with Gasteiger partial charge in [0.15, 0.2) is 0 Å². The molecule has 0 aliphatic carbocycles. The summed E-state index contributed by atoms with van der Waals surface area (Å²) in [5, 5.41) is 0.632. The van der Waals surface area contributed by atoms with Crippen LogP contribution in [0, 0.1) is 6.92 Å². The summed E-state index contributed by atoms with van der Waals surface area (Å²) in [6.07, 6.45) is 1.12. The van der Waals surface area contributed by atoms with Gasteiger partial charge in [-0.2, -0.15) is 0 Å². The van der Waals surface area contributed by atoms with E-state index in [1.807, 2.05) is 30.0 Å². The Morgan fingerprint density at radius 1 is 1.28 bits per heavy atom. The summed E-state index contributed by atoms with van der Waals surface area (Å²) in [7, 11) is 2.08. The van der Waals surface area contributed by atoms with Gasteiger partial charge in [-0.3, -0.25) is 14.2 Å². The number of para-hydroxylation sites is 1. The molecule has 3 rings (SSSR count). The highest BCUT2D eigenvalue weighted by Gasteiger charge is 2.25. The van der Waals surface area contributed by atoms with Crippen molar-refractivity contribution in [2.75, 3.05) is 26.7 Å². The molecule has 1 saturated heterocycles. The molecule has 25 heavy (non-hydrogen) atoms. The highest BCUT2D eigenvalue weighted by molar-refractivity contribution is 5.77. The molecule has 6 heteroatoms. The van der Waals surface area contributed by atoms with Crippen molar-refractivity contribution in [2.24, 2.45) is 0 Å². The van der Waals surface area contributed by atoms with E-state index in [1.165, 1.54) is 0 Å². The summed E-state index contributed by atoms with van der Waals surface area (Å²) in [4.78, 5) is 33.9. The summed E-state index contributed by atoms with van der Waals surface area (Å²) in [6, 6.07) is 7.64. The first-order valence-corrected chi connectivity index (χ1v) is 8.91. The minimum atomic E-state index is -0.0245. The first-order valence-electron chi connectivity index (χ1n) is 8.91. The fraction of sp³-hybridized carbons (Fsp3) is 0.526. The lowest BCUT2D eigenvalue weighted by Crippen LogP contribution is -2.52. The van der Waals surface area contributed by atoms with Crippen LogP contribution in [0.1, 0.15) is 25.6 Å². The van der Waals surface area contributed by atoms with Gasteiger partial charge in [0.05, 0.1) is 10.9 Å². The number of hydrogen-bond donors (Lipinski definition) is 0. The minimum absolute atomic E-state index is 0.0245. The van der Waals surface area contributed by atoms with Crippen LogP contribution in [-0.4, -0.2) is 58.0 Å². The first kappa shape index (κ1) is 17.6. The van der Waals surface area contributed by atoms with Crippen LogP contribution in [0.2, 0.25) is 0 Å². The molecule has 0 saturated carbocycles. The number of hydrogen-bond acceptors (Lipinski definition) is 4. The molecular formula is C19H26N4O2. The summed E-state index contributed by atoms with van der Waals surface area (Å²) in [5.41, 5.74) is 0.701. The number of piperazine rings is 1. The van der Waals surface area contributed by atoms with E-state index in [0.717, 1.165) is 25.2 Å². The Morgan fingerprint density at radius 3 is 2.80 bits per heavy atom. The number of benzene rings is 1. The van der Waals surface area contributed by atoms with Gasteiger partial charge in [0.1, 0.15) is 5.82 Å². The Hall–Kier alpha value is -2.21. The van der Waals surface area contributed by atoms with Crippen LogP contribution in [0.25, 0.3) is 10.9 Å². The maximum Gasteiger partial charge on any atom is 0.261 e. The second kappa shape index (κ2) is 7.35. The van der Waals surface area contributed by atoms with Gasteiger partial charge in [-0.25, -0.2) is 4.98 Å². The number of aromatic nitrogens is 2. The van der Waals surface area contributed by atoms with Gasteiger partial charge in [-0.05, 0) is 39.4 Å². The second-order valence-corrected chi connectivity index (χ2v) is 6.93. The molecule has 134 valence electrons. The maximum absolute atomic E-state index is 12.6. The predicted octanol–water partition coefficient (Wildman–Crippen LogP) is 1.65. The molecule has 1 unspecified atom stereocenters. The fourth-order valence-electron chi connectivity index (χ4n) is 3.58. The predicted molar refractivity (Wildman–Crippen MR) is 98.6 cm³/mol. The smallest absolute Gasteiger partial charge is 0.261 e. The third-order valence-corrected chi connectivity index (χ3v) is 4.98. The van der Waals surface area contributed by atoms with E-state index in [4.69, 9.17) is 0 Å². The van der Waals surface area contributed by atoms with E-state index < -0.39 is 0 Å². The third-order valence-electron chi connectivity index (χ3n) is 4.98. The quantitative estimate of drug-likeness (QED) is 0.848. The van der Waals surface area contributed by atoms with Gasteiger partial charge >= 0.3 is 0 Å². The molecule has 1 aliphatic rings. The molecular weight excluding hydrogens is 316 g/mol. The molecule has 2 aromatic rings. The van der Waals surface area contributed by atoms with E-state index in [0.29, 0.717) is 30.6 Å². The normalized spacial score (nSPS) is 18.7. The Bertz CT molecular complexity index is 830. The number of fused-ring (bicyclic) bond motifs is 1. The number of carbonyl (C=O) groups excluding carboxylic acids is 1. The zero-order valence-corrected chi connectivity index (χ0v) is 15.2. The van der Waals surface area contributed by atoms with Crippen molar-refractivity contribution in [1.82, 2.24) is 19.4 Å². The lowest BCUT2D eigenvalue weighted by atomic mass is 10.1. The van der Waals surface area contributed by atoms with Crippen molar-refractivity contribution in [2.45, 2.75) is 39.3 Å². The third kappa shape index (κ3) is 3.74. The lowest BCUT2D eigenvalue weighted by molar-refractivity contribution is -0.135. The van der Waals surface area contributed by atoms with Crippen LogP contribution in [0.4, 0.5) is 0 Å². The Morgan fingerprint density at radius 2 is 2.04 bits per heavy atom. The van der Waals surface area contributed by atoms with Crippen LogP contribution in [0.5, 0.6) is 0 Å². The average Bonchev–Trinajstić information content (AvgIpc) is 2.57. The highest BCUT2D eigenvalue weighted by Crippen LogP contribution is 2.12. The molecule has 0 bridgehead atoms. The van der Waals surface area contributed by atoms with Crippen LogP contribution in [0.3, 0.4) is 0 Å². The van der Waals surface area contributed by atoms with Crippen LogP contribution in [-0.2, 0) is 11.3 Å². The van der Waals surface area contributed by atoms with Gasteiger partial charge in [0.25, 0.3) is 5.56 Å². The van der Waals surface area contributed by atoms with Gasteiger partial charge in [-0.1, -0.05) is 12.1 Å². The molecule has 1 aliphatic heterocycles. The Balaban J connectivity index is 1.65. The Kier molecular flexibility index (Phi) is 5.18. The number of carbonyl (C=O) groups is 1. The van der Waals surface area contributed by atoms with Crippen molar-refractivity contribution < 1.29 is 4.79 Å². The van der Waals surface area contributed by atoms with Crippen molar-refractivity contribution in [3.05, 3.63) is 40.4 Å². The van der Waals surface area contributed by atoms with E-state index in [9.17, 15) is 9.59 Å². The standard InChI is InChI=1S/C19H26N4O2/c1-14-13-21(3)11-12-22(14)18(24)9-6-10-23-15(2)20-17-8-5-4-7-16(17)19(23)25/h4-5,7-8,14H,6,9-13H2,1-3H3. The molecule has 1 atom stereocenters. The van der Waals surface area contributed by atoms with Gasteiger partial charge in [0.2, 0.25) is 5.91 Å². The number of amides is 1. The highest BCUT2D eigenvalue weighted by atomic mass is 16.2. The Labute approximate surface area is 148 Å². The zero-order chi connectivity index (χ0) is 18.0. The molecule has 6 nitrogen and oxygen atoms in total. The van der Waals surface area contributed by atoms with Gasteiger partial charge in [-0.15, -0.1) is 0 Å². The summed E-state index contributed by atoms with van der Waals surface area (Å²) >= 11 is 0.